The zero-order valence-electron chi connectivity index (χ0n) is 25.5. The van der Waals surface area contributed by atoms with Crippen LogP contribution in [0.4, 0.5) is 27.6 Å². The molecule has 5 N–H and O–H groups in total. The lowest BCUT2D eigenvalue weighted by Crippen LogP contribution is -2.51. The van der Waals surface area contributed by atoms with Crippen molar-refractivity contribution in [2.75, 3.05) is 18.5 Å². The number of aliphatic hydroxyl groups is 1. The van der Waals surface area contributed by atoms with Crippen LogP contribution in [0.5, 0.6) is 5.75 Å². The Morgan fingerprint density at radius 3 is 2.35 bits per heavy atom. The molecular weight excluding hydrogens is 641 g/mol. The van der Waals surface area contributed by atoms with Crippen molar-refractivity contribution in [3.05, 3.63) is 82.9 Å². The van der Waals surface area contributed by atoms with Gasteiger partial charge in [-0.3, -0.25) is 19.4 Å². The minimum absolute atomic E-state index is 0.0176. The molecule has 10 nitrogen and oxygen atoms in total. The predicted molar refractivity (Wildman–Crippen MR) is 162 cm³/mol. The topological polar surface area (TPSA) is 157 Å². The number of primary amides is 1. The monoisotopic (exact) mass is 669 g/mol. The van der Waals surface area contributed by atoms with Crippen molar-refractivity contribution in [1.82, 2.24) is 15.3 Å². The zero-order valence-corrected chi connectivity index (χ0v) is 25.5. The molecule has 1 aliphatic heterocycles. The Morgan fingerprint density at radius 1 is 1.04 bits per heavy atom. The molecule has 48 heavy (non-hydrogen) atoms. The molecule has 2 aromatic heterocycles. The molecule has 3 amide bonds. The minimum Gasteiger partial charge on any atom is -0.489 e. The van der Waals surface area contributed by atoms with Crippen molar-refractivity contribution in [1.29, 1.82) is 0 Å². The summed E-state index contributed by atoms with van der Waals surface area (Å²) in [5, 5.41) is 16.2. The summed E-state index contributed by atoms with van der Waals surface area (Å²) in [5.74, 6) is -3.65. The first-order valence-corrected chi connectivity index (χ1v) is 14.7. The summed E-state index contributed by atoms with van der Waals surface area (Å²) in [5.41, 5.74) is -2.57. The highest BCUT2D eigenvalue weighted by Crippen LogP contribution is 2.48. The average molecular weight is 670 g/mol. The fourth-order valence-electron chi connectivity index (χ4n) is 5.38. The Kier molecular flexibility index (Phi) is 7.65. The molecule has 0 spiro atoms. The number of halogens is 5. The van der Waals surface area contributed by atoms with Gasteiger partial charge >= 0.3 is 6.18 Å². The zero-order chi connectivity index (χ0) is 34.8. The van der Waals surface area contributed by atoms with Gasteiger partial charge in [0.05, 0.1) is 23.4 Å². The van der Waals surface area contributed by atoms with Crippen LogP contribution in [-0.4, -0.2) is 57.8 Å². The molecule has 0 radical (unpaired) electrons. The third kappa shape index (κ3) is 5.57. The van der Waals surface area contributed by atoms with Gasteiger partial charge in [-0.15, -0.1) is 0 Å². The van der Waals surface area contributed by atoms with Gasteiger partial charge in [-0.05, 0) is 75.2 Å². The molecule has 1 saturated carbocycles. The second-order valence-electron chi connectivity index (χ2n) is 12.2. The molecule has 0 unspecified atom stereocenters. The van der Waals surface area contributed by atoms with E-state index in [0.29, 0.717) is 11.1 Å². The lowest BCUT2D eigenvalue weighted by Gasteiger charge is -2.31. The highest BCUT2D eigenvalue weighted by Gasteiger charge is 2.58. The minimum atomic E-state index is -5.44. The standard InChI is InChI=1S/C33H28F5N5O5/c1-16-3-4-18-11-19(12-22(24(18)41-16)42-29(46)31(35)9-10-31)27(44)40-14-32(47,33(36,37)38)23-13-21-26(48-15-30(21,2)28(39)45)25(43-23)17-5-7-20(34)8-6-17/h3-8,11-13,47H,9-10,14-15H2,1-2H3,(H2,39,45)(H,40,44)(H,42,46)/t30-,32-/m0/s1. The Balaban J connectivity index is 1.39. The number of nitrogens with two attached hydrogens (primary N) is 1. The Morgan fingerprint density at radius 2 is 1.73 bits per heavy atom. The van der Waals surface area contributed by atoms with E-state index in [4.69, 9.17) is 10.5 Å². The van der Waals surface area contributed by atoms with Gasteiger partial charge in [0, 0.05) is 27.8 Å². The van der Waals surface area contributed by atoms with Crippen LogP contribution < -0.4 is 21.1 Å². The maximum Gasteiger partial charge on any atom is 0.424 e. The van der Waals surface area contributed by atoms with Gasteiger partial charge in [0.2, 0.25) is 11.5 Å². The second kappa shape index (κ2) is 11.2. The van der Waals surface area contributed by atoms with Crippen LogP contribution in [0.15, 0.2) is 54.6 Å². The fourth-order valence-corrected chi connectivity index (χ4v) is 5.38. The summed E-state index contributed by atoms with van der Waals surface area (Å²) >= 11 is 0. The van der Waals surface area contributed by atoms with Gasteiger partial charge < -0.3 is 26.2 Å². The number of amides is 3. The quantitative estimate of drug-likeness (QED) is 0.201. The number of hydrogen-bond acceptors (Lipinski definition) is 7. The molecule has 1 fully saturated rings. The largest absolute Gasteiger partial charge is 0.489 e. The first kappa shape index (κ1) is 32.7. The molecule has 4 aromatic rings. The number of alkyl halides is 4. The second-order valence-corrected chi connectivity index (χ2v) is 12.2. The third-order valence-electron chi connectivity index (χ3n) is 8.67. The predicted octanol–water partition coefficient (Wildman–Crippen LogP) is 4.50. The summed E-state index contributed by atoms with van der Waals surface area (Å²) in [6.07, 6.45) is -5.40. The summed E-state index contributed by atoms with van der Waals surface area (Å²) in [7, 11) is 0. The molecule has 2 atom stereocenters. The van der Waals surface area contributed by atoms with E-state index in [1.807, 2.05) is 0 Å². The van der Waals surface area contributed by atoms with E-state index in [9.17, 15) is 41.4 Å². The van der Waals surface area contributed by atoms with Crippen LogP contribution in [0.1, 0.15) is 47.1 Å². The maximum absolute atomic E-state index is 14.8. The van der Waals surface area contributed by atoms with Crippen LogP contribution in [0, 0.1) is 12.7 Å². The smallest absolute Gasteiger partial charge is 0.424 e. The van der Waals surface area contributed by atoms with Gasteiger partial charge in [0.25, 0.3) is 11.8 Å². The number of aromatic nitrogens is 2. The summed E-state index contributed by atoms with van der Waals surface area (Å²) in [6.45, 7) is 1.25. The van der Waals surface area contributed by atoms with Crippen LogP contribution in [0.3, 0.4) is 0 Å². The molecule has 3 heterocycles. The fraction of sp³-hybridized carbons (Fsp3) is 0.303. The van der Waals surface area contributed by atoms with Crippen molar-refractivity contribution in [2.45, 2.75) is 49.6 Å². The number of carbonyl (C=O) groups excluding carboxylic acids is 3. The van der Waals surface area contributed by atoms with Crippen molar-refractivity contribution in [3.8, 4) is 17.0 Å². The van der Waals surface area contributed by atoms with E-state index in [0.717, 1.165) is 24.3 Å². The van der Waals surface area contributed by atoms with Crippen molar-refractivity contribution in [2.24, 2.45) is 5.73 Å². The molecule has 250 valence electrons. The number of ether oxygens (including phenoxy) is 1. The average Bonchev–Trinajstić information content (AvgIpc) is 3.70. The molecule has 0 bridgehead atoms. The van der Waals surface area contributed by atoms with Gasteiger partial charge in [-0.25, -0.2) is 13.8 Å². The summed E-state index contributed by atoms with van der Waals surface area (Å²) < 4.78 is 78.2. The lowest BCUT2D eigenvalue weighted by molar-refractivity contribution is -0.265. The molecule has 6 rings (SSSR count). The van der Waals surface area contributed by atoms with E-state index in [2.05, 4.69) is 20.6 Å². The Hall–Kier alpha value is -5.18. The van der Waals surface area contributed by atoms with E-state index in [1.165, 1.54) is 25.1 Å². The highest BCUT2D eigenvalue weighted by atomic mass is 19.4. The highest BCUT2D eigenvalue weighted by molar-refractivity contribution is 6.08. The molecule has 1 aliphatic carbocycles. The van der Waals surface area contributed by atoms with Crippen LogP contribution in [-0.2, 0) is 20.6 Å². The summed E-state index contributed by atoms with van der Waals surface area (Å²) in [6, 6.07) is 11.1. The number of nitrogens with one attached hydrogen (secondary N) is 2. The summed E-state index contributed by atoms with van der Waals surface area (Å²) in [4.78, 5) is 46.8. The molecule has 15 heteroatoms. The van der Waals surface area contributed by atoms with Gasteiger partial charge in [-0.1, -0.05) is 6.07 Å². The number of nitrogens with zero attached hydrogens (tertiary/aromatic N) is 2. The first-order valence-electron chi connectivity index (χ1n) is 14.7. The van der Waals surface area contributed by atoms with Crippen LogP contribution in [0.25, 0.3) is 22.2 Å². The van der Waals surface area contributed by atoms with Crippen molar-refractivity contribution in [3.63, 3.8) is 0 Å². The number of hydrogen-bond donors (Lipinski definition) is 4. The molecule has 2 aliphatic rings. The number of fused-ring (bicyclic) bond motifs is 2. The number of anilines is 1. The number of benzene rings is 2. The Bertz CT molecular complexity index is 2000. The molecule has 0 saturated heterocycles. The lowest BCUT2D eigenvalue weighted by atomic mass is 9.81. The third-order valence-corrected chi connectivity index (χ3v) is 8.67. The van der Waals surface area contributed by atoms with Crippen molar-refractivity contribution < 1.29 is 46.2 Å². The van der Waals surface area contributed by atoms with Gasteiger partial charge in [0.1, 0.15) is 29.3 Å². The maximum atomic E-state index is 14.8. The SMILES string of the molecule is Cc1ccc2cc(C(=O)NC[C@](O)(c3cc4c(c(-c5ccc(F)cc5)n3)OC[C@]4(C)C(N)=O)C(F)(F)F)cc(NC(=O)C3(F)CC3)c2n1. The number of aryl methyl sites for hydroxylation is 1. The van der Waals surface area contributed by atoms with Crippen LogP contribution >= 0.6 is 0 Å². The van der Waals surface area contributed by atoms with E-state index >= 15 is 0 Å². The van der Waals surface area contributed by atoms with Crippen LogP contribution in [0.2, 0.25) is 0 Å². The normalized spacial score (nSPS) is 19.2. The Labute approximate surface area is 269 Å². The number of rotatable bonds is 8. The van der Waals surface area contributed by atoms with E-state index < -0.39 is 58.6 Å². The van der Waals surface area contributed by atoms with E-state index in [1.54, 1.807) is 19.1 Å². The number of carbonyl (C=O) groups is 3. The first-order chi connectivity index (χ1) is 22.4. The number of pyridine rings is 2. The van der Waals surface area contributed by atoms with Crippen molar-refractivity contribution >= 4 is 34.3 Å². The van der Waals surface area contributed by atoms with Gasteiger partial charge in [-0.2, -0.15) is 13.2 Å². The molecule has 2 aromatic carbocycles. The van der Waals surface area contributed by atoms with E-state index in [-0.39, 0.29) is 58.8 Å². The van der Waals surface area contributed by atoms with Gasteiger partial charge in [0.15, 0.2) is 5.67 Å². The molecular formula is C33H28F5N5O5.